The van der Waals surface area contributed by atoms with E-state index in [1.54, 1.807) is 0 Å². The van der Waals surface area contributed by atoms with Gasteiger partial charge in [-0.1, -0.05) is 44.2 Å². The third-order valence-electron chi connectivity index (χ3n) is 3.74. The summed E-state index contributed by atoms with van der Waals surface area (Å²) < 4.78 is 5.39. The summed E-state index contributed by atoms with van der Waals surface area (Å²) in [6, 6.07) is 10.4. The van der Waals surface area contributed by atoms with Crippen LogP contribution in [-0.2, 0) is 4.74 Å². The first kappa shape index (κ1) is 13.5. The molecule has 2 rings (SSSR count). The summed E-state index contributed by atoms with van der Waals surface area (Å²) >= 11 is 0. The van der Waals surface area contributed by atoms with Crippen LogP contribution in [0.3, 0.4) is 0 Å². The lowest BCUT2D eigenvalue weighted by Gasteiger charge is -2.38. The molecule has 1 saturated heterocycles. The molecule has 1 aromatic carbocycles. The molecular formula is C15H24N2O. The molecule has 0 amide bonds. The molecular weight excluding hydrogens is 224 g/mol. The van der Waals surface area contributed by atoms with Gasteiger partial charge in [-0.05, 0) is 11.0 Å². The van der Waals surface area contributed by atoms with Gasteiger partial charge in [0.25, 0.3) is 0 Å². The Morgan fingerprint density at radius 3 is 2.44 bits per heavy atom. The van der Waals surface area contributed by atoms with Crippen molar-refractivity contribution in [2.24, 2.45) is 11.1 Å². The third-order valence-corrected chi connectivity index (χ3v) is 3.74. The number of hydrogen-bond donors (Lipinski definition) is 1. The molecule has 100 valence electrons. The first-order valence-corrected chi connectivity index (χ1v) is 6.70. The van der Waals surface area contributed by atoms with Crippen molar-refractivity contribution in [3.8, 4) is 0 Å². The molecule has 1 heterocycles. The Morgan fingerprint density at radius 1 is 1.22 bits per heavy atom. The molecule has 0 aromatic heterocycles. The Morgan fingerprint density at radius 2 is 1.83 bits per heavy atom. The van der Waals surface area contributed by atoms with Crippen LogP contribution in [0.15, 0.2) is 30.3 Å². The SMILES string of the molecule is CC(C)(CN1CCOCC1)C(N)c1ccccc1. The van der Waals surface area contributed by atoms with Crippen LogP contribution in [0.1, 0.15) is 25.5 Å². The maximum absolute atomic E-state index is 6.43. The molecule has 3 nitrogen and oxygen atoms in total. The Kier molecular flexibility index (Phi) is 4.38. The van der Waals surface area contributed by atoms with Crippen molar-refractivity contribution in [2.45, 2.75) is 19.9 Å². The highest BCUT2D eigenvalue weighted by molar-refractivity contribution is 5.20. The molecule has 1 atom stereocenters. The quantitative estimate of drug-likeness (QED) is 0.886. The van der Waals surface area contributed by atoms with E-state index in [0.29, 0.717) is 0 Å². The van der Waals surface area contributed by atoms with Gasteiger partial charge in [-0.15, -0.1) is 0 Å². The Balaban J connectivity index is 2.00. The molecule has 0 spiro atoms. The molecule has 1 fully saturated rings. The molecule has 0 radical (unpaired) electrons. The lowest BCUT2D eigenvalue weighted by atomic mass is 9.80. The van der Waals surface area contributed by atoms with Crippen LogP contribution < -0.4 is 5.73 Å². The van der Waals surface area contributed by atoms with E-state index >= 15 is 0 Å². The van der Waals surface area contributed by atoms with Gasteiger partial charge in [-0.3, -0.25) is 4.90 Å². The number of ether oxygens (including phenoxy) is 1. The fourth-order valence-corrected chi connectivity index (χ4v) is 2.55. The van der Waals surface area contributed by atoms with Crippen LogP contribution >= 0.6 is 0 Å². The van der Waals surface area contributed by atoms with Gasteiger partial charge in [0.05, 0.1) is 13.2 Å². The van der Waals surface area contributed by atoms with Crippen molar-refractivity contribution in [2.75, 3.05) is 32.8 Å². The fourth-order valence-electron chi connectivity index (χ4n) is 2.55. The second-order valence-electron chi connectivity index (χ2n) is 5.77. The van der Waals surface area contributed by atoms with Gasteiger partial charge < -0.3 is 10.5 Å². The second-order valence-corrected chi connectivity index (χ2v) is 5.77. The van der Waals surface area contributed by atoms with Gasteiger partial charge in [0.15, 0.2) is 0 Å². The molecule has 1 aliphatic rings. The van der Waals surface area contributed by atoms with Crippen LogP contribution in [0, 0.1) is 5.41 Å². The van der Waals surface area contributed by atoms with E-state index < -0.39 is 0 Å². The zero-order valence-corrected chi connectivity index (χ0v) is 11.4. The van der Waals surface area contributed by atoms with Crippen molar-refractivity contribution in [3.05, 3.63) is 35.9 Å². The average Bonchev–Trinajstić information content (AvgIpc) is 2.39. The van der Waals surface area contributed by atoms with Gasteiger partial charge in [-0.2, -0.15) is 0 Å². The number of hydrogen-bond acceptors (Lipinski definition) is 3. The molecule has 1 aliphatic heterocycles. The molecule has 0 bridgehead atoms. The minimum absolute atomic E-state index is 0.0681. The molecule has 0 aliphatic carbocycles. The average molecular weight is 248 g/mol. The van der Waals surface area contributed by atoms with E-state index in [2.05, 4.69) is 43.0 Å². The topological polar surface area (TPSA) is 38.5 Å². The summed E-state index contributed by atoms with van der Waals surface area (Å²) in [5, 5.41) is 0. The molecule has 2 N–H and O–H groups in total. The van der Waals surface area contributed by atoms with Gasteiger partial charge >= 0.3 is 0 Å². The maximum atomic E-state index is 6.43. The highest BCUT2D eigenvalue weighted by Crippen LogP contribution is 2.32. The Labute approximate surface area is 110 Å². The predicted octanol–water partition coefficient (Wildman–Crippen LogP) is 2.04. The Hall–Kier alpha value is -0.900. The van der Waals surface area contributed by atoms with Gasteiger partial charge in [0, 0.05) is 25.7 Å². The first-order valence-electron chi connectivity index (χ1n) is 6.70. The van der Waals surface area contributed by atoms with E-state index in [1.165, 1.54) is 5.56 Å². The highest BCUT2D eigenvalue weighted by atomic mass is 16.5. The van der Waals surface area contributed by atoms with Crippen LogP contribution in [0.25, 0.3) is 0 Å². The van der Waals surface area contributed by atoms with Crippen molar-refractivity contribution >= 4 is 0 Å². The number of rotatable bonds is 4. The van der Waals surface area contributed by atoms with E-state index in [1.807, 2.05) is 6.07 Å². The fraction of sp³-hybridized carbons (Fsp3) is 0.600. The van der Waals surface area contributed by atoms with E-state index in [-0.39, 0.29) is 11.5 Å². The normalized spacial score (nSPS) is 19.7. The first-order chi connectivity index (χ1) is 8.59. The minimum atomic E-state index is 0.0681. The molecule has 0 saturated carbocycles. The minimum Gasteiger partial charge on any atom is -0.379 e. The monoisotopic (exact) mass is 248 g/mol. The standard InChI is InChI=1S/C15H24N2O/c1-15(2,12-17-8-10-18-11-9-17)14(16)13-6-4-3-5-7-13/h3-7,14H,8-12,16H2,1-2H3. The van der Waals surface area contributed by atoms with E-state index in [0.717, 1.165) is 32.8 Å². The highest BCUT2D eigenvalue weighted by Gasteiger charge is 2.30. The van der Waals surface area contributed by atoms with Crippen LogP contribution in [-0.4, -0.2) is 37.7 Å². The van der Waals surface area contributed by atoms with E-state index in [4.69, 9.17) is 10.5 Å². The van der Waals surface area contributed by atoms with Crippen molar-refractivity contribution in [1.29, 1.82) is 0 Å². The van der Waals surface area contributed by atoms with Crippen molar-refractivity contribution < 1.29 is 4.74 Å². The Bertz CT molecular complexity index is 358. The summed E-state index contributed by atoms with van der Waals surface area (Å²) in [5.74, 6) is 0. The largest absolute Gasteiger partial charge is 0.379 e. The van der Waals surface area contributed by atoms with Crippen molar-refractivity contribution in [1.82, 2.24) is 4.90 Å². The summed E-state index contributed by atoms with van der Waals surface area (Å²) in [6.07, 6.45) is 0. The summed E-state index contributed by atoms with van der Waals surface area (Å²) in [7, 11) is 0. The van der Waals surface area contributed by atoms with Crippen LogP contribution in [0.5, 0.6) is 0 Å². The summed E-state index contributed by atoms with van der Waals surface area (Å²) in [5.41, 5.74) is 7.72. The van der Waals surface area contributed by atoms with Gasteiger partial charge in [0.2, 0.25) is 0 Å². The summed E-state index contributed by atoms with van der Waals surface area (Å²) in [6.45, 7) is 9.25. The number of morpholine rings is 1. The van der Waals surface area contributed by atoms with Crippen LogP contribution in [0.2, 0.25) is 0 Å². The number of nitrogens with two attached hydrogens (primary N) is 1. The number of nitrogens with zero attached hydrogens (tertiary/aromatic N) is 1. The third kappa shape index (κ3) is 3.31. The molecule has 3 heteroatoms. The van der Waals surface area contributed by atoms with Gasteiger partial charge in [-0.25, -0.2) is 0 Å². The number of benzene rings is 1. The van der Waals surface area contributed by atoms with Gasteiger partial charge in [0.1, 0.15) is 0 Å². The predicted molar refractivity (Wildman–Crippen MR) is 74.4 cm³/mol. The van der Waals surface area contributed by atoms with Crippen LogP contribution in [0.4, 0.5) is 0 Å². The molecule has 1 aromatic rings. The summed E-state index contributed by atoms with van der Waals surface area (Å²) in [4.78, 5) is 2.45. The second kappa shape index (κ2) is 5.83. The zero-order valence-electron chi connectivity index (χ0n) is 11.4. The smallest absolute Gasteiger partial charge is 0.0594 e. The van der Waals surface area contributed by atoms with E-state index in [9.17, 15) is 0 Å². The molecule has 18 heavy (non-hydrogen) atoms. The zero-order chi connectivity index (χ0) is 13.0. The lowest BCUT2D eigenvalue weighted by Crippen LogP contribution is -2.45. The maximum Gasteiger partial charge on any atom is 0.0594 e. The lowest BCUT2D eigenvalue weighted by molar-refractivity contribution is 0.0171. The molecule has 1 unspecified atom stereocenters. The van der Waals surface area contributed by atoms with Crippen molar-refractivity contribution in [3.63, 3.8) is 0 Å².